The monoisotopic (exact) mass is 269 g/mol. The molecule has 2 unspecified atom stereocenters. The maximum atomic E-state index is 5.81. The van der Waals surface area contributed by atoms with Gasteiger partial charge in [-0.2, -0.15) is 0 Å². The van der Waals surface area contributed by atoms with Gasteiger partial charge in [0.05, 0.1) is 0 Å². The molecule has 0 amide bonds. The largest absolute Gasteiger partial charge is 0.341 e. The molecule has 1 aromatic rings. The summed E-state index contributed by atoms with van der Waals surface area (Å²) in [6.45, 7) is 1.80. The predicted molar refractivity (Wildman–Crippen MR) is 59.5 cm³/mol. The highest BCUT2D eigenvalue weighted by molar-refractivity contribution is 9.10. The van der Waals surface area contributed by atoms with E-state index < -0.39 is 0 Å². The number of benzene rings is 1. The van der Waals surface area contributed by atoms with E-state index in [1.54, 1.807) is 0 Å². The minimum absolute atomic E-state index is 0.185. The molecule has 0 spiro atoms. The summed E-state index contributed by atoms with van der Waals surface area (Å²) >= 11 is 3.41. The minimum atomic E-state index is -0.185. The summed E-state index contributed by atoms with van der Waals surface area (Å²) in [4.78, 5) is 0. The first-order chi connectivity index (χ1) is 7.33. The molecule has 2 atom stereocenters. The topological polar surface area (TPSA) is 30.5 Å². The summed E-state index contributed by atoms with van der Waals surface area (Å²) in [5.74, 6) is 0. The first kappa shape index (κ1) is 9.78. The zero-order valence-corrected chi connectivity index (χ0v) is 9.74. The molecule has 0 saturated carbocycles. The number of halogens is 1. The Kier molecular flexibility index (Phi) is 2.52. The summed E-state index contributed by atoms with van der Waals surface area (Å²) in [6.07, 6.45) is 0.257. The van der Waals surface area contributed by atoms with Gasteiger partial charge >= 0.3 is 0 Å². The van der Waals surface area contributed by atoms with Gasteiger partial charge in [0.1, 0.15) is 12.2 Å². The molecular formula is C11H12BrNO2. The number of hydrogen-bond acceptors (Lipinski definition) is 3. The van der Waals surface area contributed by atoms with Gasteiger partial charge in [-0.15, -0.1) is 0 Å². The van der Waals surface area contributed by atoms with Crippen LogP contribution in [0.25, 0.3) is 0 Å². The Morgan fingerprint density at radius 3 is 2.27 bits per heavy atom. The maximum absolute atomic E-state index is 5.81. The summed E-state index contributed by atoms with van der Waals surface area (Å²) < 4.78 is 12.7. The van der Waals surface area contributed by atoms with E-state index in [1.165, 1.54) is 0 Å². The van der Waals surface area contributed by atoms with Crippen LogP contribution in [0.2, 0.25) is 0 Å². The van der Waals surface area contributed by atoms with E-state index in [0.29, 0.717) is 0 Å². The number of rotatable bonds is 1. The van der Waals surface area contributed by atoms with Gasteiger partial charge in [-0.3, -0.25) is 0 Å². The molecule has 2 fully saturated rings. The molecule has 2 saturated heterocycles. The second-order valence-electron chi connectivity index (χ2n) is 3.89. The van der Waals surface area contributed by atoms with Gasteiger partial charge in [0, 0.05) is 23.1 Å². The van der Waals surface area contributed by atoms with Crippen LogP contribution in [-0.4, -0.2) is 25.3 Å². The van der Waals surface area contributed by atoms with E-state index in [1.807, 2.05) is 24.3 Å². The summed E-state index contributed by atoms with van der Waals surface area (Å²) in [7, 11) is 0. The van der Waals surface area contributed by atoms with Gasteiger partial charge in [-0.25, -0.2) is 0 Å². The first-order valence-electron chi connectivity index (χ1n) is 5.10. The Morgan fingerprint density at radius 1 is 1.07 bits per heavy atom. The van der Waals surface area contributed by atoms with Crippen molar-refractivity contribution in [3.8, 4) is 0 Å². The van der Waals surface area contributed by atoms with E-state index >= 15 is 0 Å². The van der Waals surface area contributed by atoms with Crippen LogP contribution in [-0.2, 0) is 9.47 Å². The number of nitrogens with one attached hydrogen (secondary N) is 1. The van der Waals surface area contributed by atoms with Gasteiger partial charge in [0.15, 0.2) is 6.29 Å². The van der Waals surface area contributed by atoms with Crippen LogP contribution >= 0.6 is 15.9 Å². The van der Waals surface area contributed by atoms with E-state index in [2.05, 4.69) is 21.2 Å². The van der Waals surface area contributed by atoms with Gasteiger partial charge in [-0.05, 0) is 12.1 Å². The summed E-state index contributed by atoms with van der Waals surface area (Å²) in [5, 5.41) is 3.25. The fourth-order valence-electron chi connectivity index (χ4n) is 2.03. The van der Waals surface area contributed by atoms with Gasteiger partial charge in [0.25, 0.3) is 0 Å². The van der Waals surface area contributed by atoms with E-state index in [9.17, 15) is 0 Å². The van der Waals surface area contributed by atoms with Crippen LogP contribution in [0.4, 0.5) is 0 Å². The fourth-order valence-corrected chi connectivity index (χ4v) is 2.29. The first-order valence-corrected chi connectivity index (χ1v) is 5.89. The van der Waals surface area contributed by atoms with E-state index in [-0.39, 0.29) is 18.5 Å². The number of fused-ring (bicyclic) bond motifs is 1. The molecule has 3 rings (SSSR count). The molecule has 0 aromatic heterocycles. The third-order valence-corrected chi connectivity index (χ3v) is 3.37. The van der Waals surface area contributed by atoms with Crippen LogP contribution < -0.4 is 5.32 Å². The molecule has 1 N–H and O–H groups in total. The lowest BCUT2D eigenvalue weighted by atomic mass is 10.2. The SMILES string of the molecule is Brc1ccc(C2OC3CNCC3O2)cc1. The molecule has 0 bridgehead atoms. The lowest BCUT2D eigenvalue weighted by Gasteiger charge is -2.11. The van der Waals surface area contributed by atoms with E-state index in [4.69, 9.17) is 9.47 Å². The Hall–Kier alpha value is -0.420. The highest BCUT2D eigenvalue weighted by atomic mass is 79.9. The molecule has 4 heteroatoms. The molecule has 0 radical (unpaired) electrons. The van der Waals surface area contributed by atoms with Crippen molar-refractivity contribution in [2.75, 3.05) is 13.1 Å². The third-order valence-electron chi connectivity index (χ3n) is 2.84. The van der Waals surface area contributed by atoms with Crippen molar-refractivity contribution < 1.29 is 9.47 Å². The minimum Gasteiger partial charge on any atom is -0.341 e. The molecule has 2 aliphatic rings. The highest BCUT2D eigenvalue weighted by Crippen LogP contribution is 2.33. The fraction of sp³-hybridized carbons (Fsp3) is 0.455. The summed E-state index contributed by atoms with van der Waals surface area (Å²) in [5.41, 5.74) is 1.09. The van der Waals surface area contributed by atoms with Crippen LogP contribution in [0, 0.1) is 0 Å². The van der Waals surface area contributed by atoms with Crippen molar-refractivity contribution in [2.45, 2.75) is 18.5 Å². The quantitative estimate of drug-likeness (QED) is 0.844. The standard InChI is InChI=1S/C11H12BrNO2/c12-8-3-1-7(2-4-8)11-14-9-5-13-6-10(9)15-11/h1-4,9-11,13H,5-6H2. The normalized spacial score (nSPS) is 34.3. The van der Waals surface area contributed by atoms with Crippen molar-refractivity contribution in [3.05, 3.63) is 34.3 Å². The van der Waals surface area contributed by atoms with Crippen LogP contribution in [0.1, 0.15) is 11.9 Å². The number of hydrogen-bond donors (Lipinski definition) is 1. The molecule has 1 aromatic carbocycles. The average molecular weight is 270 g/mol. The van der Waals surface area contributed by atoms with Crippen molar-refractivity contribution in [1.29, 1.82) is 0 Å². The molecular weight excluding hydrogens is 258 g/mol. The third kappa shape index (κ3) is 1.83. The van der Waals surface area contributed by atoms with Crippen molar-refractivity contribution in [2.24, 2.45) is 0 Å². The van der Waals surface area contributed by atoms with Crippen molar-refractivity contribution in [1.82, 2.24) is 5.32 Å². The lowest BCUT2D eigenvalue weighted by Crippen LogP contribution is -2.18. The predicted octanol–water partition coefficient (Wildman–Crippen LogP) is 1.83. The smallest absolute Gasteiger partial charge is 0.184 e. The van der Waals surface area contributed by atoms with Crippen molar-refractivity contribution >= 4 is 15.9 Å². The van der Waals surface area contributed by atoms with Crippen molar-refractivity contribution in [3.63, 3.8) is 0 Å². The van der Waals surface area contributed by atoms with Gasteiger partial charge in [0.2, 0.25) is 0 Å². The molecule has 15 heavy (non-hydrogen) atoms. The van der Waals surface area contributed by atoms with Crippen LogP contribution in [0.5, 0.6) is 0 Å². The summed E-state index contributed by atoms with van der Waals surface area (Å²) in [6, 6.07) is 8.08. The molecule has 3 nitrogen and oxygen atoms in total. The Labute approximate surface area is 96.9 Å². The zero-order chi connectivity index (χ0) is 10.3. The molecule has 2 heterocycles. The van der Waals surface area contributed by atoms with Gasteiger partial charge in [-0.1, -0.05) is 28.1 Å². The highest BCUT2D eigenvalue weighted by Gasteiger charge is 2.39. The molecule has 0 aliphatic carbocycles. The Bertz CT molecular complexity index is 342. The van der Waals surface area contributed by atoms with Crippen LogP contribution in [0.3, 0.4) is 0 Å². The zero-order valence-electron chi connectivity index (χ0n) is 8.15. The van der Waals surface area contributed by atoms with E-state index in [0.717, 1.165) is 23.1 Å². The lowest BCUT2D eigenvalue weighted by molar-refractivity contribution is -0.0728. The second-order valence-corrected chi connectivity index (χ2v) is 4.81. The average Bonchev–Trinajstić information content (AvgIpc) is 2.78. The van der Waals surface area contributed by atoms with Gasteiger partial charge < -0.3 is 14.8 Å². The van der Waals surface area contributed by atoms with Crippen LogP contribution in [0.15, 0.2) is 28.7 Å². The number of ether oxygens (including phenoxy) is 2. The molecule has 80 valence electrons. The Morgan fingerprint density at radius 2 is 1.67 bits per heavy atom. The Balaban J connectivity index is 1.76. The molecule has 2 aliphatic heterocycles. The maximum Gasteiger partial charge on any atom is 0.184 e. The second kappa shape index (κ2) is 3.87.